The van der Waals surface area contributed by atoms with Gasteiger partial charge in [-0.15, -0.1) is 0 Å². The highest BCUT2D eigenvalue weighted by atomic mass is 127. The van der Waals surface area contributed by atoms with Crippen molar-refractivity contribution in [1.29, 1.82) is 0 Å². The SMILES string of the molecule is CCOC(=O)c1cc(I)c(OCc2ccc(Cl)cc2Cl)c(OCC)c1. The lowest BCUT2D eigenvalue weighted by Gasteiger charge is -2.15. The highest BCUT2D eigenvalue weighted by Crippen LogP contribution is 2.35. The number of hydrogen-bond donors (Lipinski definition) is 0. The van der Waals surface area contributed by atoms with Gasteiger partial charge in [0.2, 0.25) is 0 Å². The lowest BCUT2D eigenvalue weighted by atomic mass is 10.2. The Morgan fingerprint density at radius 1 is 1.08 bits per heavy atom. The predicted octanol–water partition coefficient (Wildman–Crippen LogP) is 5.75. The van der Waals surface area contributed by atoms with Gasteiger partial charge in [-0.1, -0.05) is 29.3 Å². The minimum atomic E-state index is -0.395. The molecule has 0 aliphatic rings. The van der Waals surface area contributed by atoms with Gasteiger partial charge in [0.25, 0.3) is 0 Å². The normalized spacial score (nSPS) is 10.4. The second-order valence-electron chi connectivity index (χ2n) is 4.96. The Bertz CT molecular complexity index is 765. The summed E-state index contributed by atoms with van der Waals surface area (Å²) in [5, 5.41) is 1.10. The summed E-state index contributed by atoms with van der Waals surface area (Å²) in [6.07, 6.45) is 0. The van der Waals surface area contributed by atoms with E-state index < -0.39 is 5.97 Å². The van der Waals surface area contributed by atoms with Crippen molar-refractivity contribution in [1.82, 2.24) is 0 Å². The van der Waals surface area contributed by atoms with Gasteiger partial charge in [0.05, 0.1) is 22.3 Å². The van der Waals surface area contributed by atoms with Crippen molar-refractivity contribution in [3.05, 3.63) is 55.1 Å². The topological polar surface area (TPSA) is 44.8 Å². The number of carbonyl (C=O) groups is 1. The molecule has 2 rings (SSSR count). The van der Waals surface area contributed by atoms with Crippen molar-refractivity contribution in [2.45, 2.75) is 20.5 Å². The third-order valence-corrected chi connectivity index (χ3v) is 4.60. The first kappa shape index (κ1) is 20.1. The highest BCUT2D eigenvalue weighted by molar-refractivity contribution is 14.1. The van der Waals surface area contributed by atoms with Gasteiger partial charge in [-0.25, -0.2) is 4.79 Å². The van der Waals surface area contributed by atoms with Gasteiger partial charge in [-0.3, -0.25) is 0 Å². The fourth-order valence-electron chi connectivity index (χ4n) is 2.09. The maximum atomic E-state index is 12.0. The third-order valence-electron chi connectivity index (χ3n) is 3.21. The van der Waals surface area contributed by atoms with E-state index in [0.29, 0.717) is 40.3 Å². The molecule has 0 aliphatic heterocycles. The van der Waals surface area contributed by atoms with Crippen LogP contribution in [0.5, 0.6) is 11.5 Å². The molecule has 0 saturated heterocycles. The van der Waals surface area contributed by atoms with Crippen LogP contribution in [-0.2, 0) is 11.3 Å². The van der Waals surface area contributed by atoms with Gasteiger partial charge in [0, 0.05) is 15.6 Å². The van der Waals surface area contributed by atoms with Crippen LogP contribution in [0.3, 0.4) is 0 Å². The quantitative estimate of drug-likeness (QED) is 0.363. The van der Waals surface area contributed by atoms with Crippen LogP contribution in [0.1, 0.15) is 29.8 Å². The van der Waals surface area contributed by atoms with E-state index in [4.69, 9.17) is 37.4 Å². The van der Waals surface area contributed by atoms with Gasteiger partial charge in [-0.05, 0) is 60.7 Å². The molecule has 0 aromatic heterocycles. The standard InChI is InChI=1S/C18H17Cl2IO4/c1-3-23-16-8-12(18(22)24-4-2)7-15(21)17(16)25-10-11-5-6-13(19)9-14(11)20/h5-9H,3-4,10H2,1-2H3. The van der Waals surface area contributed by atoms with Gasteiger partial charge in [-0.2, -0.15) is 0 Å². The summed E-state index contributed by atoms with van der Waals surface area (Å²) in [5.41, 5.74) is 1.23. The van der Waals surface area contributed by atoms with Crippen LogP contribution in [0.2, 0.25) is 10.0 Å². The second kappa shape index (κ2) is 9.50. The van der Waals surface area contributed by atoms with Crippen molar-refractivity contribution in [2.24, 2.45) is 0 Å². The Labute approximate surface area is 170 Å². The van der Waals surface area contributed by atoms with Crippen LogP contribution in [0, 0.1) is 3.57 Å². The van der Waals surface area contributed by atoms with E-state index in [1.165, 1.54) is 0 Å². The Morgan fingerprint density at radius 2 is 1.84 bits per heavy atom. The zero-order valence-electron chi connectivity index (χ0n) is 13.8. The number of hydrogen-bond acceptors (Lipinski definition) is 4. The van der Waals surface area contributed by atoms with E-state index in [2.05, 4.69) is 22.6 Å². The highest BCUT2D eigenvalue weighted by Gasteiger charge is 2.17. The van der Waals surface area contributed by atoms with Crippen LogP contribution in [0.4, 0.5) is 0 Å². The monoisotopic (exact) mass is 494 g/mol. The first-order chi connectivity index (χ1) is 12.0. The number of benzene rings is 2. The molecule has 0 aliphatic carbocycles. The van der Waals surface area contributed by atoms with Gasteiger partial charge in [0.1, 0.15) is 6.61 Å². The largest absolute Gasteiger partial charge is 0.490 e. The molecule has 134 valence electrons. The van der Waals surface area contributed by atoms with E-state index >= 15 is 0 Å². The molecule has 7 heteroatoms. The van der Waals surface area contributed by atoms with Crippen LogP contribution in [-0.4, -0.2) is 19.2 Å². The van der Waals surface area contributed by atoms with Crippen LogP contribution < -0.4 is 9.47 Å². The molecule has 0 radical (unpaired) electrons. The molecule has 4 nitrogen and oxygen atoms in total. The van der Waals surface area contributed by atoms with Crippen molar-refractivity contribution < 1.29 is 19.0 Å². The van der Waals surface area contributed by atoms with E-state index in [1.807, 2.05) is 13.0 Å². The average Bonchev–Trinajstić information content (AvgIpc) is 2.56. The van der Waals surface area contributed by atoms with E-state index in [-0.39, 0.29) is 6.61 Å². The molecule has 0 N–H and O–H groups in total. The first-order valence-corrected chi connectivity index (χ1v) is 9.49. The predicted molar refractivity (Wildman–Crippen MR) is 107 cm³/mol. The molecular weight excluding hydrogens is 478 g/mol. The van der Waals surface area contributed by atoms with Crippen LogP contribution in [0.25, 0.3) is 0 Å². The summed E-state index contributed by atoms with van der Waals surface area (Å²) in [6.45, 7) is 4.64. The van der Waals surface area contributed by atoms with Gasteiger partial charge < -0.3 is 14.2 Å². The maximum absolute atomic E-state index is 12.0. The average molecular weight is 495 g/mol. The molecule has 0 saturated carbocycles. The zero-order chi connectivity index (χ0) is 18.4. The molecule has 0 unspecified atom stereocenters. The minimum absolute atomic E-state index is 0.255. The van der Waals surface area contributed by atoms with E-state index in [1.54, 1.807) is 31.2 Å². The van der Waals surface area contributed by atoms with Crippen LogP contribution in [0.15, 0.2) is 30.3 Å². The number of esters is 1. The maximum Gasteiger partial charge on any atom is 0.338 e. The molecule has 2 aromatic carbocycles. The third kappa shape index (κ3) is 5.39. The molecule has 25 heavy (non-hydrogen) atoms. The summed E-state index contributed by atoms with van der Waals surface area (Å²) in [5.74, 6) is 0.651. The molecule has 0 bridgehead atoms. The smallest absolute Gasteiger partial charge is 0.338 e. The molecule has 0 spiro atoms. The summed E-state index contributed by atoms with van der Waals surface area (Å²) < 4.78 is 17.3. The molecule has 0 heterocycles. The van der Waals surface area contributed by atoms with Crippen molar-refractivity contribution in [3.8, 4) is 11.5 Å². The van der Waals surface area contributed by atoms with Gasteiger partial charge >= 0.3 is 5.97 Å². The summed E-state index contributed by atoms with van der Waals surface area (Å²) in [7, 11) is 0. The fraction of sp³-hybridized carbons (Fsp3) is 0.278. The summed E-state index contributed by atoms with van der Waals surface area (Å²) in [4.78, 5) is 12.0. The Hall–Kier alpha value is -1.18. The molecule has 0 fully saturated rings. The Balaban J connectivity index is 2.28. The fourth-order valence-corrected chi connectivity index (χ4v) is 3.31. The molecule has 0 amide bonds. The molecular formula is C18H17Cl2IO4. The van der Waals surface area contributed by atoms with Crippen LogP contribution >= 0.6 is 45.8 Å². The van der Waals surface area contributed by atoms with Crippen molar-refractivity contribution in [3.63, 3.8) is 0 Å². The Kier molecular flexibility index (Phi) is 7.65. The summed E-state index contributed by atoms with van der Waals surface area (Å²) >= 11 is 14.2. The molecule has 0 atom stereocenters. The lowest BCUT2D eigenvalue weighted by molar-refractivity contribution is 0.0525. The summed E-state index contributed by atoms with van der Waals surface area (Å²) in [6, 6.07) is 8.57. The van der Waals surface area contributed by atoms with E-state index in [9.17, 15) is 4.79 Å². The Morgan fingerprint density at radius 3 is 2.48 bits per heavy atom. The molecule has 2 aromatic rings. The van der Waals surface area contributed by atoms with Gasteiger partial charge in [0.15, 0.2) is 11.5 Å². The minimum Gasteiger partial charge on any atom is -0.490 e. The second-order valence-corrected chi connectivity index (χ2v) is 6.97. The zero-order valence-corrected chi connectivity index (χ0v) is 17.4. The number of ether oxygens (including phenoxy) is 3. The van der Waals surface area contributed by atoms with Crippen molar-refractivity contribution in [2.75, 3.05) is 13.2 Å². The number of halogens is 3. The number of rotatable bonds is 7. The first-order valence-electron chi connectivity index (χ1n) is 7.66. The van der Waals surface area contributed by atoms with E-state index in [0.717, 1.165) is 9.13 Å². The number of carbonyl (C=O) groups excluding carboxylic acids is 1. The lowest BCUT2D eigenvalue weighted by Crippen LogP contribution is -2.08. The van der Waals surface area contributed by atoms with Crippen molar-refractivity contribution >= 4 is 51.8 Å².